The van der Waals surface area contributed by atoms with Gasteiger partial charge in [0.25, 0.3) is 0 Å². The molecule has 12 nitrogen and oxygen atoms in total. The van der Waals surface area contributed by atoms with Gasteiger partial charge in [-0.25, -0.2) is 0 Å². The topological polar surface area (TPSA) is 111 Å². The Kier molecular flexibility index (Phi) is 49.6. The smallest absolute Gasteiger partial charge is 0.0701 e. The molecule has 0 rings (SSSR count). The number of hydrogen-bond acceptors (Lipinski definition) is 12. The second-order valence-corrected chi connectivity index (χ2v) is 12.3. The number of unbranched alkanes of at least 4 members (excludes halogenated alkanes) is 10. The van der Waals surface area contributed by atoms with Crippen molar-refractivity contribution in [2.75, 3.05) is 164 Å². The molecule has 0 amide bonds. The standard InChI is InChI=1S/C38H77ClO12/c1-2-3-4-5-6-7-9-12-15-40-17-19-42-21-23-44-25-27-46-29-31-48-33-35-50-37-38-51-36-34-49-32-30-47-28-26-45-24-22-43-20-18-41-16-13-10-8-11-14-39/h2-38H2,1H3. The van der Waals surface area contributed by atoms with Crippen molar-refractivity contribution >= 4 is 11.6 Å². The molecule has 0 aromatic rings. The molecule has 0 fully saturated rings. The van der Waals surface area contributed by atoms with Gasteiger partial charge in [-0.05, 0) is 19.3 Å². The van der Waals surface area contributed by atoms with Crippen molar-refractivity contribution in [2.24, 2.45) is 0 Å². The van der Waals surface area contributed by atoms with Crippen LogP contribution in [0.5, 0.6) is 0 Å². The summed E-state index contributed by atoms with van der Waals surface area (Å²) in [4.78, 5) is 0. The highest BCUT2D eigenvalue weighted by molar-refractivity contribution is 6.17. The number of alkyl halides is 1. The van der Waals surface area contributed by atoms with Gasteiger partial charge in [-0.2, -0.15) is 0 Å². The molecule has 0 unspecified atom stereocenters. The molecule has 0 saturated heterocycles. The third kappa shape index (κ3) is 49.8. The van der Waals surface area contributed by atoms with Crippen LogP contribution < -0.4 is 0 Å². The molecule has 0 bridgehead atoms. The first-order chi connectivity index (χ1) is 25.4. The monoisotopic (exact) mass is 761 g/mol. The van der Waals surface area contributed by atoms with Gasteiger partial charge in [0.05, 0.1) is 145 Å². The molecule has 51 heavy (non-hydrogen) atoms. The lowest BCUT2D eigenvalue weighted by Crippen LogP contribution is -2.15. The summed E-state index contributed by atoms with van der Waals surface area (Å²) in [5, 5.41) is 0. The van der Waals surface area contributed by atoms with Crippen LogP contribution in [0.25, 0.3) is 0 Å². The molecule has 0 aliphatic heterocycles. The van der Waals surface area contributed by atoms with Crippen molar-refractivity contribution in [1.82, 2.24) is 0 Å². The Hall–Kier alpha value is -0.190. The van der Waals surface area contributed by atoms with E-state index in [1.807, 2.05) is 0 Å². The maximum absolute atomic E-state index is 5.66. The van der Waals surface area contributed by atoms with Gasteiger partial charge in [-0.15, -0.1) is 11.6 Å². The van der Waals surface area contributed by atoms with Crippen LogP contribution in [0.2, 0.25) is 0 Å². The van der Waals surface area contributed by atoms with Crippen molar-refractivity contribution < 1.29 is 56.8 Å². The normalized spacial score (nSPS) is 11.6. The molecular formula is C38H77ClO12. The van der Waals surface area contributed by atoms with Crippen molar-refractivity contribution in [3.05, 3.63) is 0 Å². The summed E-state index contributed by atoms with van der Waals surface area (Å²) >= 11 is 5.66. The van der Waals surface area contributed by atoms with E-state index in [9.17, 15) is 0 Å². The summed E-state index contributed by atoms with van der Waals surface area (Å²) < 4.78 is 66.2. The summed E-state index contributed by atoms with van der Waals surface area (Å²) in [6, 6.07) is 0. The highest BCUT2D eigenvalue weighted by Gasteiger charge is 1.98. The average Bonchev–Trinajstić information content (AvgIpc) is 3.14. The summed E-state index contributed by atoms with van der Waals surface area (Å²) in [6.07, 6.45) is 15.0. The molecule has 0 aromatic heterocycles. The van der Waals surface area contributed by atoms with E-state index in [1.165, 1.54) is 57.8 Å². The van der Waals surface area contributed by atoms with Gasteiger partial charge in [0, 0.05) is 19.1 Å². The van der Waals surface area contributed by atoms with E-state index in [0.717, 1.165) is 38.4 Å². The lowest BCUT2D eigenvalue weighted by Gasteiger charge is -2.09. The molecule has 0 atom stereocenters. The molecule has 13 heteroatoms. The summed E-state index contributed by atoms with van der Waals surface area (Å²) in [6.45, 7) is 15.9. The van der Waals surface area contributed by atoms with E-state index >= 15 is 0 Å². The maximum Gasteiger partial charge on any atom is 0.0701 e. The van der Waals surface area contributed by atoms with Gasteiger partial charge in [0.2, 0.25) is 0 Å². The Morgan fingerprint density at radius 1 is 0.216 bits per heavy atom. The zero-order valence-electron chi connectivity index (χ0n) is 32.4. The molecule has 0 spiro atoms. The van der Waals surface area contributed by atoms with Crippen LogP contribution in [0.4, 0.5) is 0 Å². The van der Waals surface area contributed by atoms with Crippen LogP contribution in [0, 0.1) is 0 Å². The first kappa shape index (κ1) is 50.8. The minimum atomic E-state index is 0.519. The van der Waals surface area contributed by atoms with E-state index in [4.69, 9.17) is 68.4 Å². The van der Waals surface area contributed by atoms with Crippen LogP contribution >= 0.6 is 11.6 Å². The van der Waals surface area contributed by atoms with Crippen molar-refractivity contribution in [3.8, 4) is 0 Å². The predicted molar refractivity (Wildman–Crippen MR) is 202 cm³/mol. The number of halogens is 1. The van der Waals surface area contributed by atoms with Crippen LogP contribution in [0.3, 0.4) is 0 Å². The van der Waals surface area contributed by atoms with Crippen molar-refractivity contribution in [3.63, 3.8) is 0 Å². The summed E-state index contributed by atoms with van der Waals surface area (Å²) in [7, 11) is 0. The van der Waals surface area contributed by atoms with Gasteiger partial charge in [-0.1, -0.05) is 64.7 Å². The van der Waals surface area contributed by atoms with Crippen LogP contribution in [0.15, 0.2) is 0 Å². The lowest BCUT2D eigenvalue weighted by molar-refractivity contribution is -0.0284. The molecule has 0 aliphatic carbocycles. The third-order valence-electron chi connectivity index (χ3n) is 7.41. The highest BCUT2D eigenvalue weighted by Crippen LogP contribution is 2.08. The van der Waals surface area contributed by atoms with Crippen LogP contribution in [0.1, 0.15) is 84.0 Å². The molecule has 0 aromatic carbocycles. The molecule has 0 heterocycles. The minimum Gasteiger partial charge on any atom is -0.379 e. The third-order valence-corrected chi connectivity index (χ3v) is 7.67. The Bertz CT molecular complexity index is 549. The molecule has 0 saturated carbocycles. The van der Waals surface area contributed by atoms with E-state index in [1.54, 1.807) is 0 Å². The highest BCUT2D eigenvalue weighted by atomic mass is 35.5. The first-order valence-corrected chi connectivity index (χ1v) is 20.4. The van der Waals surface area contributed by atoms with Crippen LogP contribution in [-0.4, -0.2) is 164 Å². The van der Waals surface area contributed by atoms with Crippen LogP contribution in [-0.2, 0) is 56.8 Å². The molecular weight excluding hydrogens is 684 g/mol. The Balaban J connectivity index is 3.04. The number of rotatable bonds is 48. The van der Waals surface area contributed by atoms with Crippen molar-refractivity contribution in [2.45, 2.75) is 84.0 Å². The summed E-state index contributed by atoms with van der Waals surface area (Å²) in [5.74, 6) is 0.745. The second-order valence-electron chi connectivity index (χ2n) is 11.9. The quantitative estimate of drug-likeness (QED) is 0.0526. The van der Waals surface area contributed by atoms with E-state index < -0.39 is 0 Å². The predicted octanol–water partition coefficient (Wildman–Crippen LogP) is 6.13. The first-order valence-electron chi connectivity index (χ1n) is 19.9. The van der Waals surface area contributed by atoms with E-state index in [2.05, 4.69) is 6.92 Å². The fourth-order valence-electron chi connectivity index (χ4n) is 4.51. The van der Waals surface area contributed by atoms with Crippen molar-refractivity contribution in [1.29, 1.82) is 0 Å². The molecule has 308 valence electrons. The van der Waals surface area contributed by atoms with Gasteiger partial charge in [0.15, 0.2) is 0 Å². The van der Waals surface area contributed by atoms with Gasteiger partial charge in [-0.3, -0.25) is 0 Å². The average molecular weight is 761 g/mol. The second kappa shape index (κ2) is 49.8. The largest absolute Gasteiger partial charge is 0.379 e. The Morgan fingerprint density at radius 2 is 0.392 bits per heavy atom. The lowest BCUT2D eigenvalue weighted by atomic mass is 10.1. The summed E-state index contributed by atoms with van der Waals surface area (Å²) in [5.41, 5.74) is 0. The maximum atomic E-state index is 5.66. The Labute approximate surface area is 316 Å². The molecule has 0 aliphatic rings. The molecule has 0 N–H and O–H groups in total. The minimum absolute atomic E-state index is 0.519. The van der Waals surface area contributed by atoms with Gasteiger partial charge >= 0.3 is 0 Å². The number of hydrogen-bond donors (Lipinski definition) is 0. The van der Waals surface area contributed by atoms with E-state index in [-0.39, 0.29) is 0 Å². The molecule has 0 radical (unpaired) electrons. The Morgan fingerprint density at radius 3 is 0.608 bits per heavy atom. The van der Waals surface area contributed by atoms with Gasteiger partial charge in [0.1, 0.15) is 0 Å². The zero-order valence-corrected chi connectivity index (χ0v) is 33.2. The fraction of sp³-hybridized carbons (Fsp3) is 1.00. The van der Waals surface area contributed by atoms with E-state index in [0.29, 0.717) is 145 Å². The SMILES string of the molecule is CCCCCCCCCCOCCOCCOCCOCCOCCOCCOCCOCCOCCOCCOCCOCCCCCCCl. The van der Waals surface area contributed by atoms with Gasteiger partial charge < -0.3 is 56.8 Å². The fourth-order valence-corrected chi connectivity index (χ4v) is 4.70. The zero-order chi connectivity index (χ0) is 36.6. The number of ether oxygens (including phenoxy) is 12.